The Bertz CT molecular complexity index is 860. The lowest BCUT2D eigenvalue weighted by atomic mass is 9.82. The van der Waals surface area contributed by atoms with E-state index in [-0.39, 0.29) is 5.54 Å². The number of hydrogen-bond acceptors (Lipinski definition) is 3. The molecule has 2 aliphatic heterocycles. The van der Waals surface area contributed by atoms with Gasteiger partial charge in [0.1, 0.15) is 6.29 Å². The number of carbonyl (C=O) groups excluding carboxylic acids is 1. The minimum Gasteiger partial charge on any atom is -0.381 e. The highest BCUT2D eigenvalue weighted by Crippen LogP contribution is 2.33. The molecule has 4 rings (SSSR count). The average molecular weight is 347 g/mol. The molecule has 0 atom stereocenters. The second-order valence-electron chi connectivity index (χ2n) is 7.95. The lowest BCUT2D eigenvalue weighted by Crippen LogP contribution is -2.29. The molecule has 2 aromatic carbocycles. The fraction of sp³-hybridized carbons (Fsp3) is 0.391. The Balaban J connectivity index is 1.82. The zero-order valence-corrected chi connectivity index (χ0v) is 15.5. The van der Waals surface area contributed by atoms with Crippen LogP contribution in [-0.4, -0.2) is 30.8 Å². The molecule has 1 saturated heterocycles. The number of benzene rings is 2. The topological polar surface area (TPSA) is 38.7 Å². The highest BCUT2D eigenvalue weighted by atomic mass is 16.5. The van der Waals surface area contributed by atoms with Crippen LogP contribution >= 0.6 is 0 Å². The number of aldehydes is 1. The lowest BCUT2D eigenvalue weighted by molar-refractivity contribution is 0.0849. The summed E-state index contributed by atoms with van der Waals surface area (Å²) in [5, 5.41) is 0. The van der Waals surface area contributed by atoms with Gasteiger partial charge in [0.15, 0.2) is 0 Å². The Morgan fingerprint density at radius 3 is 2.65 bits per heavy atom. The third-order valence-corrected chi connectivity index (χ3v) is 5.46. The average Bonchev–Trinajstić information content (AvgIpc) is 2.67. The normalized spacial score (nSPS) is 19.5. The number of aliphatic imine (C=N–C) groups is 1. The molecule has 0 saturated carbocycles. The molecule has 3 nitrogen and oxygen atoms in total. The van der Waals surface area contributed by atoms with Crippen LogP contribution in [0.25, 0.3) is 0 Å². The summed E-state index contributed by atoms with van der Waals surface area (Å²) in [6.07, 6.45) is 3.87. The summed E-state index contributed by atoms with van der Waals surface area (Å²) < 4.78 is 5.50. The van der Waals surface area contributed by atoms with E-state index < -0.39 is 0 Å². The molecule has 2 heterocycles. The van der Waals surface area contributed by atoms with E-state index in [4.69, 9.17) is 9.73 Å². The summed E-state index contributed by atoms with van der Waals surface area (Å²) in [5.74, 6) is 0.386. The number of carbonyl (C=O) groups is 1. The van der Waals surface area contributed by atoms with E-state index >= 15 is 0 Å². The summed E-state index contributed by atoms with van der Waals surface area (Å²) in [4.78, 5) is 16.7. The molecule has 0 aromatic heterocycles. The molecular formula is C23H25NO2. The Hall–Kier alpha value is -2.26. The van der Waals surface area contributed by atoms with Gasteiger partial charge in [-0.2, -0.15) is 0 Å². The maximum Gasteiger partial charge on any atom is 0.150 e. The number of rotatable bonds is 3. The van der Waals surface area contributed by atoms with Crippen LogP contribution in [0.5, 0.6) is 0 Å². The van der Waals surface area contributed by atoms with Crippen molar-refractivity contribution in [3.8, 4) is 0 Å². The summed E-state index contributed by atoms with van der Waals surface area (Å²) in [7, 11) is 0. The Labute approximate surface area is 155 Å². The quantitative estimate of drug-likeness (QED) is 0.763. The van der Waals surface area contributed by atoms with Gasteiger partial charge in [-0.3, -0.25) is 9.79 Å². The van der Waals surface area contributed by atoms with E-state index in [2.05, 4.69) is 44.2 Å². The van der Waals surface area contributed by atoms with Gasteiger partial charge in [-0.15, -0.1) is 0 Å². The van der Waals surface area contributed by atoms with Gasteiger partial charge in [0.2, 0.25) is 0 Å². The first-order chi connectivity index (χ1) is 12.6. The molecule has 0 radical (unpaired) electrons. The van der Waals surface area contributed by atoms with Crippen molar-refractivity contribution in [1.82, 2.24) is 0 Å². The van der Waals surface area contributed by atoms with Crippen LogP contribution in [0, 0.1) is 0 Å². The first-order valence-electron chi connectivity index (χ1n) is 9.43. The highest BCUT2D eigenvalue weighted by molar-refractivity contribution is 6.14. The fourth-order valence-electron chi connectivity index (χ4n) is 4.19. The molecule has 0 spiro atoms. The van der Waals surface area contributed by atoms with Crippen LogP contribution < -0.4 is 0 Å². The minimum absolute atomic E-state index is 0.119. The molecule has 134 valence electrons. The van der Waals surface area contributed by atoms with E-state index in [0.29, 0.717) is 5.92 Å². The highest BCUT2D eigenvalue weighted by Gasteiger charge is 2.28. The van der Waals surface area contributed by atoms with E-state index in [0.717, 1.165) is 61.2 Å². The fourth-order valence-corrected chi connectivity index (χ4v) is 4.19. The zero-order chi connectivity index (χ0) is 18.1. The molecule has 26 heavy (non-hydrogen) atoms. The smallest absolute Gasteiger partial charge is 0.150 e. The first kappa shape index (κ1) is 17.2. The Morgan fingerprint density at radius 1 is 1.12 bits per heavy atom. The van der Waals surface area contributed by atoms with Gasteiger partial charge >= 0.3 is 0 Å². The third kappa shape index (κ3) is 3.24. The Morgan fingerprint density at radius 2 is 1.88 bits per heavy atom. The maximum absolute atomic E-state index is 11.6. The summed E-state index contributed by atoms with van der Waals surface area (Å²) in [6.45, 7) is 5.90. The molecule has 0 N–H and O–H groups in total. The van der Waals surface area contributed by atoms with Crippen molar-refractivity contribution in [2.24, 2.45) is 4.99 Å². The molecule has 2 aliphatic rings. The summed E-state index contributed by atoms with van der Waals surface area (Å²) in [5.41, 5.74) is 6.53. The van der Waals surface area contributed by atoms with E-state index in [1.165, 1.54) is 11.1 Å². The van der Waals surface area contributed by atoms with Crippen LogP contribution in [0.4, 0.5) is 0 Å². The Kier molecular flexibility index (Phi) is 4.49. The molecule has 0 amide bonds. The van der Waals surface area contributed by atoms with E-state index in [1.807, 2.05) is 12.1 Å². The molecule has 1 fully saturated rings. The number of ether oxygens (including phenoxy) is 1. The van der Waals surface area contributed by atoms with E-state index in [9.17, 15) is 4.79 Å². The van der Waals surface area contributed by atoms with Crippen molar-refractivity contribution in [2.75, 3.05) is 13.2 Å². The first-order valence-corrected chi connectivity index (χ1v) is 9.43. The van der Waals surface area contributed by atoms with Crippen LogP contribution in [0.2, 0.25) is 0 Å². The van der Waals surface area contributed by atoms with Gasteiger partial charge < -0.3 is 4.74 Å². The number of nitrogens with zero attached hydrogens (tertiary/aromatic N) is 1. The lowest BCUT2D eigenvalue weighted by Gasteiger charge is -2.30. The van der Waals surface area contributed by atoms with Crippen molar-refractivity contribution < 1.29 is 9.53 Å². The molecule has 0 bridgehead atoms. The second kappa shape index (κ2) is 6.81. The minimum atomic E-state index is -0.119. The number of hydrogen-bond donors (Lipinski definition) is 0. The van der Waals surface area contributed by atoms with Gasteiger partial charge in [0.25, 0.3) is 0 Å². The van der Waals surface area contributed by atoms with Crippen molar-refractivity contribution in [3.63, 3.8) is 0 Å². The van der Waals surface area contributed by atoms with Crippen molar-refractivity contribution >= 4 is 12.0 Å². The third-order valence-electron chi connectivity index (χ3n) is 5.46. The molecule has 0 aliphatic carbocycles. The van der Waals surface area contributed by atoms with Gasteiger partial charge in [-0.05, 0) is 56.2 Å². The van der Waals surface area contributed by atoms with Crippen LogP contribution in [0.15, 0.2) is 47.5 Å². The monoisotopic (exact) mass is 347 g/mol. The van der Waals surface area contributed by atoms with Gasteiger partial charge in [-0.25, -0.2) is 0 Å². The number of fused-ring (bicyclic) bond motifs is 1. The van der Waals surface area contributed by atoms with Crippen LogP contribution in [0.3, 0.4) is 0 Å². The zero-order valence-electron chi connectivity index (χ0n) is 15.5. The van der Waals surface area contributed by atoms with Gasteiger partial charge in [-0.1, -0.05) is 36.4 Å². The molecule has 2 aromatic rings. The van der Waals surface area contributed by atoms with Gasteiger partial charge in [0.05, 0.1) is 11.3 Å². The summed E-state index contributed by atoms with van der Waals surface area (Å²) >= 11 is 0. The standard InChI is InChI=1S/C23H25NO2/c1-23(2)14-18-5-3-4-6-20(18)22(24-23)17-7-8-19(15-25)21(13-17)16-9-11-26-12-10-16/h3-8,13,15-16H,9-12,14H2,1-2H3. The predicted octanol–water partition coefficient (Wildman–Crippen LogP) is 4.57. The van der Waals surface area contributed by atoms with Crippen molar-refractivity contribution in [3.05, 3.63) is 70.3 Å². The van der Waals surface area contributed by atoms with Crippen molar-refractivity contribution in [1.29, 1.82) is 0 Å². The molecule has 0 unspecified atom stereocenters. The largest absolute Gasteiger partial charge is 0.381 e. The summed E-state index contributed by atoms with van der Waals surface area (Å²) in [6, 6.07) is 14.7. The van der Waals surface area contributed by atoms with Crippen LogP contribution in [-0.2, 0) is 11.2 Å². The second-order valence-corrected chi connectivity index (χ2v) is 7.95. The molecular weight excluding hydrogens is 322 g/mol. The molecule has 3 heteroatoms. The SMILES string of the molecule is CC1(C)Cc2ccccc2C(c2ccc(C=O)c(C3CCOCC3)c2)=N1. The van der Waals surface area contributed by atoms with Gasteiger partial charge in [0, 0.05) is 29.9 Å². The van der Waals surface area contributed by atoms with Crippen molar-refractivity contribution in [2.45, 2.75) is 44.6 Å². The van der Waals surface area contributed by atoms with E-state index in [1.54, 1.807) is 0 Å². The predicted molar refractivity (Wildman–Crippen MR) is 104 cm³/mol. The maximum atomic E-state index is 11.6. The van der Waals surface area contributed by atoms with Crippen LogP contribution in [0.1, 0.15) is 65.2 Å².